The van der Waals surface area contributed by atoms with Crippen molar-refractivity contribution in [3.63, 3.8) is 0 Å². The van der Waals surface area contributed by atoms with Gasteiger partial charge in [-0.2, -0.15) is 0 Å². The molecular weight excluding hydrogens is 218 g/mol. The highest BCUT2D eigenvalue weighted by atomic mass is 16.4. The van der Waals surface area contributed by atoms with Crippen LogP contribution >= 0.6 is 0 Å². The first-order valence-electron chi connectivity index (χ1n) is 5.33. The van der Waals surface area contributed by atoms with E-state index in [0.29, 0.717) is 5.69 Å². The highest BCUT2D eigenvalue weighted by Crippen LogP contribution is 2.21. The third-order valence-electron chi connectivity index (χ3n) is 2.40. The Bertz CT molecular complexity index is 440. The van der Waals surface area contributed by atoms with Crippen molar-refractivity contribution in [1.82, 2.24) is 0 Å². The molecule has 4 nitrogen and oxygen atoms in total. The van der Waals surface area contributed by atoms with Crippen LogP contribution in [0.15, 0.2) is 36.9 Å². The van der Waals surface area contributed by atoms with E-state index in [2.05, 4.69) is 6.58 Å². The molecule has 0 unspecified atom stereocenters. The SMILES string of the molecule is C=CC(=O)N(CC(=O)O)c1ccccc1CC. The van der Waals surface area contributed by atoms with Crippen LogP contribution < -0.4 is 4.90 Å². The van der Waals surface area contributed by atoms with Gasteiger partial charge in [0.2, 0.25) is 0 Å². The first-order chi connectivity index (χ1) is 8.10. The van der Waals surface area contributed by atoms with E-state index in [1.54, 1.807) is 12.1 Å². The zero-order valence-electron chi connectivity index (χ0n) is 9.72. The molecule has 0 saturated carbocycles. The van der Waals surface area contributed by atoms with Crippen LogP contribution in [-0.4, -0.2) is 23.5 Å². The maximum Gasteiger partial charge on any atom is 0.323 e. The number of anilines is 1. The van der Waals surface area contributed by atoms with Crippen LogP contribution in [0.3, 0.4) is 0 Å². The smallest absolute Gasteiger partial charge is 0.323 e. The summed E-state index contributed by atoms with van der Waals surface area (Å²) in [6, 6.07) is 7.25. The molecule has 0 saturated heterocycles. The Morgan fingerprint density at radius 2 is 2.06 bits per heavy atom. The predicted molar refractivity (Wildman–Crippen MR) is 66.0 cm³/mol. The Kier molecular flexibility index (Phi) is 4.46. The third-order valence-corrected chi connectivity index (χ3v) is 2.40. The fourth-order valence-electron chi connectivity index (χ4n) is 1.60. The van der Waals surface area contributed by atoms with Crippen molar-refractivity contribution >= 4 is 17.6 Å². The van der Waals surface area contributed by atoms with Crippen molar-refractivity contribution in [2.24, 2.45) is 0 Å². The molecule has 0 bridgehead atoms. The molecule has 4 heteroatoms. The molecule has 1 aromatic rings. The number of benzene rings is 1. The summed E-state index contributed by atoms with van der Waals surface area (Å²) in [5.41, 5.74) is 1.56. The number of carboxylic acid groups (broad SMARTS) is 1. The Morgan fingerprint density at radius 3 is 2.59 bits per heavy atom. The zero-order chi connectivity index (χ0) is 12.8. The van der Waals surface area contributed by atoms with Crippen molar-refractivity contribution < 1.29 is 14.7 Å². The number of rotatable bonds is 5. The Morgan fingerprint density at radius 1 is 1.41 bits per heavy atom. The summed E-state index contributed by atoms with van der Waals surface area (Å²) in [5.74, 6) is -1.46. The van der Waals surface area contributed by atoms with Crippen molar-refractivity contribution in [2.75, 3.05) is 11.4 Å². The maximum atomic E-state index is 11.7. The van der Waals surface area contributed by atoms with Gasteiger partial charge in [-0.1, -0.05) is 31.7 Å². The second-order valence-corrected chi connectivity index (χ2v) is 3.50. The second-order valence-electron chi connectivity index (χ2n) is 3.50. The molecule has 17 heavy (non-hydrogen) atoms. The summed E-state index contributed by atoms with van der Waals surface area (Å²) in [6.45, 7) is 4.98. The third kappa shape index (κ3) is 3.17. The minimum Gasteiger partial charge on any atom is -0.480 e. The van der Waals surface area contributed by atoms with E-state index >= 15 is 0 Å². The first kappa shape index (κ1) is 13.0. The standard InChI is InChI=1S/C13H15NO3/c1-3-10-7-5-6-8-11(10)14(9-13(16)17)12(15)4-2/h4-8H,2-3,9H2,1H3,(H,16,17). The minimum atomic E-state index is -1.05. The largest absolute Gasteiger partial charge is 0.480 e. The number of aliphatic carboxylic acids is 1. The summed E-state index contributed by atoms with van der Waals surface area (Å²) in [7, 11) is 0. The fourth-order valence-corrected chi connectivity index (χ4v) is 1.60. The van der Waals surface area contributed by atoms with E-state index in [4.69, 9.17) is 5.11 Å². The summed E-state index contributed by atoms with van der Waals surface area (Å²) >= 11 is 0. The highest BCUT2D eigenvalue weighted by Gasteiger charge is 2.18. The molecule has 1 N–H and O–H groups in total. The number of hydrogen-bond acceptors (Lipinski definition) is 2. The molecule has 0 radical (unpaired) electrons. The van der Waals surface area contributed by atoms with E-state index in [1.807, 2.05) is 19.1 Å². The van der Waals surface area contributed by atoms with Gasteiger partial charge in [0, 0.05) is 5.69 Å². The van der Waals surface area contributed by atoms with E-state index in [-0.39, 0.29) is 6.54 Å². The maximum absolute atomic E-state index is 11.7. The summed E-state index contributed by atoms with van der Waals surface area (Å²) in [4.78, 5) is 23.7. The molecule has 0 fully saturated rings. The molecule has 1 amide bonds. The van der Waals surface area contributed by atoms with Crippen molar-refractivity contribution in [1.29, 1.82) is 0 Å². The lowest BCUT2D eigenvalue weighted by atomic mass is 10.1. The monoisotopic (exact) mass is 233 g/mol. The van der Waals surface area contributed by atoms with Gasteiger partial charge in [-0.15, -0.1) is 0 Å². The van der Waals surface area contributed by atoms with Gasteiger partial charge in [0.1, 0.15) is 6.54 Å². The summed E-state index contributed by atoms with van der Waals surface area (Å²) in [6.07, 6.45) is 1.85. The fraction of sp³-hybridized carbons (Fsp3) is 0.231. The van der Waals surface area contributed by atoms with E-state index in [0.717, 1.165) is 18.1 Å². The normalized spacial score (nSPS) is 9.71. The number of carbonyl (C=O) groups excluding carboxylic acids is 1. The van der Waals surface area contributed by atoms with Crippen LogP contribution in [0.5, 0.6) is 0 Å². The number of hydrogen-bond donors (Lipinski definition) is 1. The van der Waals surface area contributed by atoms with Crippen LogP contribution in [0.1, 0.15) is 12.5 Å². The lowest BCUT2D eigenvalue weighted by molar-refractivity contribution is -0.136. The quantitative estimate of drug-likeness (QED) is 0.789. The molecular formula is C13H15NO3. The number of carboxylic acids is 1. The number of amides is 1. The zero-order valence-corrected chi connectivity index (χ0v) is 9.72. The van der Waals surface area contributed by atoms with Crippen molar-refractivity contribution in [3.8, 4) is 0 Å². The van der Waals surface area contributed by atoms with Crippen molar-refractivity contribution in [2.45, 2.75) is 13.3 Å². The molecule has 1 aromatic carbocycles. The van der Waals surface area contributed by atoms with Crippen LogP contribution in [0.25, 0.3) is 0 Å². The van der Waals surface area contributed by atoms with Gasteiger partial charge >= 0.3 is 5.97 Å². The number of aryl methyl sites for hydroxylation is 1. The molecule has 90 valence electrons. The first-order valence-corrected chi connectivity index (χ1v) is 5.33. The minimum absolute atomic E-state index is 0.359. The number of carbonyl (C=O) groups is 2. The Labute approximate surface area is 100 Å². The van der Waals surface area contributed by atoms with Crippen LogP contribution in [-0.2, 0) is 16.0 Å². The second kappa shape index (κ2) is 5.84. The molecule has 0 aliphatic heterocycles. The molecule has 0 aliphatic carbocycles. The van der Waals surface area contributed by atoms with Gasteiger partial charge < -0.3 is 5.11 Å². The Balaban J connectivity index is 3.16. The van der Waals surface area contributed by atoms with Gasteiger partial charge in [0.05, 0.1) is 0 Å². The Hall–Kier alpha value is -2.10. The molecule has 0 aliphatic rings. The molecule has 0 heterocycles. The molecule has 0 atom stereocenters. The summed E-state index contributed by atoms with van der Waals surface area (Å²) in [5, 5.41) is 8.83. The number of para-hydroxylation sites is 1. The van der Waals surface area contributed by atoms with Crippen LogP contribution in [0, 0.1) is 0 Å². The highest BCUT2D eigenvalue weighted by molar-refractivity contribution is 6.04. The molecule has 0 aromatic heterocycles. The average Bonchev–Trinajstić information content (AvgIpc) is 2.34. The average molecular weight is 233 g/mol. The van der Waals surface area contributed by atoms with E-state index < -0.39 is 11.9 Å². The van der Waals surface area contributed by atoms with Gasteiger partial charge in [0.25, 0.3) is 5.91 Å². The van der Waals surface area contributed by atoms with E-state index in [1.165, 1.54) is 4.90 Å². The predicted octanol–water partition coefficient (Wildman–Crippen LogP) is 1.85. The van der Waals surface area contributed by atoms with Gasteiger partial charge in [-0.3, -0.25) is 14.5 Å². The summed E-state index contributed by atoms with van der Waals surface area (Å²) < 4.78 is 0. The topological polar surface area (TPSA) is 57.6 Å². The van der Waals surface area contributed by atoms with Gasteiger partial charge in [0.15, 0.2) is 0 Å². The van der Waals surface area contributed by atoms with Gasteiger partial charge in [-0.05, 0) is 24.1 Å². The van der Waals surface area contributed by atoms with Crippen molar-refractivity contribution in [3.05, 3.63) is 42.5 Å². The molecule has 0 spiro atoms. The lowest BCUT2D eigenvalue weighted by Gasteiger charge is -2.21. The lowest BCUT2D eigenvalue weighted by Crippen LogP contribution is -2.35. The van der Waals surface area contributed by atoms with Crippen LogP contribution in [0.2, 0.25) is 0 Å². The van der Waals surface area contributed by atoms with Crippen LogP contribution in [0.4, 0.5) is 5.69 Å². The van der Waals surface area contributed by atoms with Gasteiger partial charge in [-0.25, -0.2) is 0 Å². The van der Waals surface area contributed by atoms with E-state index in [9.17, 15) is 9.59 Å². The molecule has 1 rings (SSSR count). The number of nitrogens with zero attached hydrogens (tertiary/aromatic N) is 1.